The Hall–Kier alpha value is -3.23. The molecule has 0 unspecified atom stereocenters. The summed E-state index contributed by atoms with van der Waals surface area (Å²) in [5, 5.41) is 2.82. The lowest BCUT2D eigenvalue weighted by atomic mass is 10.2. The molecule has 3 rings (SSSR count). The summed E-state index contributed by atoms with van der Waals surface area (Å²) < 4.78 is 37.8. The van der Waals surface area contributed by atoms with Crippen molar-refractivity contribution in [3.8, 4) is 11.5 Å². The average Bonchev–Trinajstić information content (AvgIpc) is 2.75. The van der Waals surface area contributed by atoms with Crippen molar-refractivity contribution < 1.29 is 22.7 Å². The molecule has 0 radical (unpaired) electrons. The van der Waals surface area contributed by atoms with Crippen molar-refractivity contribution in [2.75, 3.05) is 24.3 Å². The van der Waals surface area contributed by atoms with E-state index >= 15 is 0 Å². The highest BCUT2D eigenvalue weighted by Gasteiger charge is 2.17. The zero-order valence-electron chi connectivity index (χ0n) is 16.2. The van der Waals surface area contributed by atoms with Gasteiger partial charge in [-0.3, -0.25) is 9.52 Å². The lowest BCUT2D eigenvalue weighted by Gasteiger charge is -2.13. The Morgan fingerprint density at radius 2 is 1.63 bits per heavy atom. The average molecular weight is 447 g/mol. The monoisotopic (exact) mass is 446 g/mol. The van der Waals surface area contributed by atoms with Crippen molar-refractivity contribution in [2.45, 2.75) is 4.90 Å². The van der Waals surface area contributed by atoms with Gasteiger partial charge in [0, 0.05) is 11.6 Å². The van der Waals surface area contributed by atoms with E-state index in [9.17, 15) is 13.2 Å². The van der Waals surface area contributed by atoms with E-state index in [1.54, 1.807) is 36.4 Å². The van der Waals surface area contributed by atoms with Crippen LogP contribution in [0.15, 0.2) is 71.6 Å². The van der Waals surface area contributed by atoms with Crippen LogP contribution in [0.25, 0.3) is 0 Å². The van der Waals surface area contributed by atoms with Gasteiger partial charge in [0.15, 0.2) is 0 Å². The van der Waals surface area contributed by atoms with Crippen molar-refractivity contribution in [2.24, 2.45) is 0 Å². The molecule has 30 heavy (non-hydrogen) atoms. The predicted octanol–water partition coefficient (Wildman–Crippen LogP) is 4.41. The fourth-order valence-electron chi connectivity index (χ4n) is 2.65. The van der Waals surface area contributed by atoms with Crippen LogP contribution in [0.3, 0.4) is 0 Å². The highest BCUT2D eigenvalue weighted by atomic mass is 35.5. The summed E-state index contributed by atoms with van der Waals surface area (Å²) in [6.07, 6.45) is 0. The Labute approximate surface area is 179 Å². The Morgan fingerprint density at radius 3 is 2.27 bits per heavy atom. The summed E-state index contributed by atoms with van der Waals surface area (Å²) in [7, 11) is -0.795. The molecule has 1 amide bonds. The van der Waals surface area contributed by atoms with E-state index in [1.165, 1.54) is 44.6 Å². The molecule has 0 bridgehead atoms. The van der Waals surface area contributed by atoms with Gasteiger partial charge < -0.3 is 14.8 Å². The fraction of sp³-hybridized carbons (Fsp3) is 0.0952. The molecule has 2 N–H and O–H groups in total. The van der Waals surface area contributed by atoms with Crippen LogP contribution in [-0.4, -0.2) is 28.5 Å². The minimum Gasteiger partial charge on any atom is -0.497 e. The molecular weight excluding hydrogens is 428 g/mol. The summed E-state index contributed by atoms with van der Waals surface area (Å²) in [5.41, 5.74) is 0.829. The van der Waals surface area contributed by atoms with Gasteiger partial charge in [0.25, 0.3) is 15.9 Å². The first-order valence-corrected chi connectivity index (χ1v) is 10.6. The lowest BCUT2D eigenvalue weighted by molar-refractivity contribution is 0.102. The van der Waals surface area contributed by atoms with Gasteiger partial charge in [0.2, 0.25) is 0 Å². The largest absolute Gasteiger partial charge is 0.497 e. The van der Waals surface area contributed by atoms with Crippen molar-refractivity contribution in [1.29, 1.82) is 0 Å². The molecule has 0 aliphatic heterocycles. The van der Waals surface area contributed by atoms with E-state index in [4.69, 9.17) is 21.1 Å². The number of carbonyl (C=O) groups excluding carboxylic acids is 1. The van der Waals surface area contributed by atoms with Crippen molar-refractivity contribution in [3.63, 3.8) is 0 Å². The van der Waals surface area contributed by atoms with Crippen LogP contribution < -0.4 is 19.5 Å². The predicted molar refractivity (Wildman–Crippen MR) is 116 cm³/mol. The topological polar surface area (TPSA) is 93.7 Å². The maximum atomic E-state index is 12.6. The van der Waals surface area contributed by atoms with Gasteiger partial charge >= 0.3 is 0 Å². The summed E-state index contributed by atoms with van der Waals surface area (Å²) in [6.45, 7) is 0. The van der Waals surface area contributed by atoms with Crippen LogP contribution in [0.4, 0.5) is 11.4 Å². The van der Waals surface area contributed by atoms with Crippen LogP contribution in [0, 0.1) is 0 Å². The molecule has 0 atom stereocenters. The molecule has 0 aliphatic carbocycles. The second-order valence-electron chi connectivity index (χ2n) is 6.13. The smallest absolute Gasteiger partial charge is 0.261 e. The Kier molecular flexibility index (Phi) is 6.49. The van der Waals surface area contributed by atoms with Crippen LogP contribution in [-0.2, 0) is 10.0 Å². The van der Waals surface area contributed by atoms with Gasteiger partial charge in [-0.25, -0.2) is 8.42 Å². The first kappa shape index (κ1) is 21.5. The molecule has 0 aromatic heterocycles. The number of rotatable bonds is 7. The number of carbonyl (C=O) groups is 1. The van der Waals surface area contributed by atoms with Crippen molar-refractivity contribution >= 4 is 38.9 Å². The van der Waals surface area contributed by atoms with E-state index in [0.717, 1.165) is 0 Å². The van der Waals surface area contributed by atoms with Gasteiger partial charge in [-0.2, -0.15) is 0 Å². The maximum Gasteiger partial charge on any atom is 0.261 e. The van der Waals surface area contributed by atoms with Gasteiger partial charge in [0.1, 0.15) is 11.5 Å². The van der Waals surface area contributed by atoms with Crippen LogP contribution in [0.1, 0.15) is 10.4 Å². The molecule has 9 heteroatoms. The third-order valence-electron chi connectivity index (χ3n) is 4.18. The number of methoxy groups -OCH3 is 2. The third kappa shape index (κ3) is 4.84. The molecule has 156 valence electrons. The number of anilines is 2. The van der Waals surface area contributed by atoms with Crippen molar-refractivity contribution in [3.05, 3.63) is 77.3 Å². The second-order valence-corrected chi connectivity index (χ2v) is 8.22. The van der Waals surface area contributed by atoms with E-state index in [-0.39, 0.29) is 21.2 Å². The Balaban J connectivity index is 1.81. The van der Waals surface area contributed by atoms with E-state index in [0.29, 0.717) is 17.2 Å². The molecule has 3 aromatic rings. The normalized spacial score (nSPS) is 10.9. The van der Waals surface area contributed by atoms with Gasteiger partial charge in [-0.05, 0) is 42.5 Å². The lowest BCUT2D eigenvalue weighted by Crippen LogP contribution is -2.15. The standard InChI is InChI=1S/C21H19ClN2O5S/c1-28-15-9-11-20(29-2)19(13-15)23-21(25)14-8-10-18(17(22)12-14)24-30(26,27)16-6-4-3-5-7-16/h3-13,24H,1-2H3,(H,23,25). The molecule has 7 nitrogen and oxygen atoms in total. The number of ether oxygens (including phenoxy) is 2. The highest BCUT2D eigenvalue weighted by molar-refractivity contribution is 7.92. The van der Waals surface area contributed by atoms with Crippen LogP contribution in [0.5, 0.6) is 11.5 Å². The van der Waals surface area contributed by atoms with Crippen molar-refractivity contribution in [1.82, 2.24) is 0 Å². The molecule has 3 aromatic carbocycles. The molecule has 0 heterocycles. The highest BCUT2D eigenvalue weighted by Crippen LogP contribution is 2.30. The van der Waals surface area contributed by atoms with Crippen LogP contribution in [0.2, 0.25) is 5.02 Å². The maximum absolute atomic E-state index is 12.6. The van der Waals surface area contributed by atoms with Gasteiger partial charge in [0.05, 0.1) is 35.5 Å². The number of hydrogen-bond donors (Lipinski definition) is 2. The summed E-state index contributed by atoms with van der Waals surface area (Å²) in [5.74, 6) is 0.568. The summed E-state index contributed by atoms with van der Waals surface area (Å²) in [4.78, 5) is 12.8. The summed E-state index contributed by atoms with van der Waals surface area (Å²) >= 11 is 6.22. The minimum absolute atomic E-state index is 0.0831. The molecular formula is C21H19ClN2O5S. The molecule has 0 fully saturated rings. The molecule has 0 spiro atoms. The molecule has 0 saturated heterocycles. The molecule has 0 saturated carbocycles. The quantitative estimate of drug-likeness (QED) is 0.560. The Morgan fingerprint density at radius 1 is 0.900 bits per heavy atom. The number of benzene rings is 3. The van der Waals surface area contributed by atoms with E-state index in [2.05, 4.69) is 10.0 Å². The molecule has 0 aliphatic rings. The summed E-state index contributed by atoms with van der Waals surface area (Å²) in [6, 6.07) is 17.2. The number of halogens is 1. The minimum atomic E-state index is -3.80. The zero-order valence-corrected chi connectivity index (χ0v) is 17.8. The Bertz CT molecular complexity index is 1170. The van der Waals surface area contributed by atoms with Gasteiger partial charge in [-0.1, -0.05) is 29.8 Å². The first-order chi connectivity index (χ1) is 14.3. The number of amides is 1. The number of hydrogen-bond acceptors (Lipinski definition) is 5. The van der Waals surface area contributed by atoms with E-state index in [1.807, 2.05) is 0 Å². The second kappa shape index (κ2) is 9.06. The zero-order chi connectivity index (χ0) is 21.7. The SMILES string of the molecule is COc1ccc(OC)c(NC(=O)c2ccc(NS(=O)(=O)c3ccccc3)c(Cl)c2)c1. The first-order valence-electron chi connectivity index (χ1n) is 8.75. The fourth-order valence-corrected chi connectivity index (χ4v) is 4.03. The number of sulfonamides is 1. The van der Waals surface area contributed by atoms with Gasteiger partial charge in [-0.15, -0.1) is 0 Å². The van der Waals surface area contributed by atoms with Crippen LogP contribution >= 0.6 is 11.6 Å². The third-order valence-corrected chi connectivity index (χ3v) is 5.88. The number of nitrogens with one attached hydrogen (secondary N) is 2. The van der Waals surface area contributed by atoms with E-state index < -0.39 is 15.9 Å².